The van der Waals surface area contributed by atoms with Crippen molar-refractivity contribution in [3.63, 3.8) is 0 Å². The molecule has 19 heavy (non-hydrogen) atoms. The number of rotatable bonds is 5. The van der Waals surface area contributed by atoms with Crippen LogP contribution in [0.2, 0.25) is 0 Å². The highest BCUT2D eigenvalue weighted by Crippen LogP contribution is 2.38. The van der Waals surface area contributed by atoms with E-state index in [1.54, 1.807) is 0 Å². The van der Waals surface area contributed by atoms with Gasteiger partial charge in [0.05, 0.1) is 5.69 Å². The van der Waals surface area contributed by atoms with Crippen LogP contribution in [0.1, 0.15) is 29.6 Å². The number of aldehydes is 1. The zero-order valence-electron chi connectivity index (χ0n) is 11.8. The molecule has 0 spiro atoms. The van der Waals surface area contributed by atoms with E-state index in [1.165, 1.54) is 19.3 Å². The summed E-state index contributed by atoms with van der Waals surface area (Å²) in [6, 6.07) is 5.75. The third-order valence-corrected chi connectivity index (χ3v) is 4.92. The van der Waals surface area contributed by atoms with Crippen molar-refractivity contribution in [3.8, 4) is 0 Å². The summed E-state index contributed by atoms with van der Waals surface area (Å²) in [4.78, 5) is 15.4. The lowest BCUT2D eigenvalue weighted by atomic mass is 9.75. The molecule has 2 rings (SSSR count). The zero-order valence-corrected chi connectivity index (χ0v) is 13.4. The van der Waals surface area contributed by atoms with Gasteiger partial charge in [0.1, 0.15) is 6.29 Å². The van der Waals surface area contributed by atoms with Crippen molar-refractivity contribution in [2.24, 2.45) is 0 Å². The highest BCUT2D eigenvalue weighted by molar-refractivity contribution is 9.10. The van der Waals surface area contributed by atoms with Gasteiger partial charge in [0.2, 0.25) is 0 Å². The third kappa shape index (κ3) is 2.84. The molecule has 1 saturated carbocycles. The van der Waals surface area contributed by atoms with Crippen LogP contribution in [0.15, 0.2) is 22.7 Å². The Balaban J connectivity index is 2.15. The Morgan fingerprint density at radius 3 is 2.42 bits per heavy atom. The van der Waals surface area contributed by atoms with E-state index in [1.807, 2.05) is 18.2 Å². The fourth-order valence-corrected chi connectivity index (χ4v) is 3.46. The first-order chi connectivity index (χ1) is 8.98. The van der Waals surface area contributed by atoms with Crippen LogP contribution in [0.5, 0.6) is 0 Å². The minimum atomic E-state index is 0.303. The maximum absolute atomic E-state index is 10.8. The minimum absolute atomic E-state index is 0.303. The predicted octanol–water partition coefficient (Wildman–Crippen LogP) is 3.18. The van der Waals surface area contributed by atoms with Gasteiger partial charge in [-0.05, 0) is 67.5 Å². The average Bonchev–Trinajstić information content (AvgIpc) is 2.32. The van der Waals surface area contributed by atoms with Gasteiger partial charge in [0.15, 0.2) is 0 Å². The van der Waals surface area contributed by atoms with Crippen molar-refractivity contribution in [3.05, 3.63) is 28.2 Å². The summed E-state index contributed by atoms with van der Waals surface area (Å²) >= 11 is 3.56. The molecular formula is C15H21BrN2O. The standard InChI is InChI=1S/C15H21BrN2O/c1-17(2)15(7-4-8-15)11-18(3)14-6-5-12(10-19)9-13(14)16/h5-6,9-10H,4,7-8,11H2,1-3H3. The number of benzene rings is 1. The van der Waals surface area contributed by atoms with Crippen LogP contribution >= 0.6 is 15.9 Å². The van der Waals surface area contributed by atoms with Crippen molar-refractivity contribution in [1.29, 1.82) is 0 Å². The molecule has 0 atom stereocenters. The Morgan fingerprint density at radius 1 is 1.32 bits per heavy atom. The summed E-state index contributed by atoms with van der Waals surface area (Å²) in [5.41, 5.74) is 2.14. The molecule has 1 aromatic rings. The van der Waals surface area contributed by atoms with Gasteiger partial charge in [-0.3, -0.25) is 4.79 Å². The van der Waals surface area contributed by atoms with Crippen LogP contribution in [0, 0.1) is 0 Å². The van der Waals surface area contributed by atoms with E-state index >= 15 is 0 Å². The summed E-state index contributed by atoms with van der Waals surface area (Å²) in [6.07, 6.45) is 4.71. The Bertz CT molecular complexity index is 469. The highest BCUT2D eigenvalue weighted by atomic mass is 79.9. The molecule has 1 aliphatic carbocycles. The molecule has 0 heterocycles. The normalized spacial score (nSPS) is 17.1. The van der Waals surface area contributed by atoms with Crippen molar-refractivity contribution < 1.29 is 4.79 Å². The summed E-state index contributed by atoms with van der Waals surface area (Å²) in [5.74, 6) is 0. The molecule has 0 aliphatic heterocycles. The summed E-state index contributed by atoms with van der Waals surface area (Å²) in [7, 11) is 6.44. The SMILES string of the molecule is CN(CC1(N(C)C)CCC1)c1ccc(C=O)cc1Br. The Labute approximate surface area is 123 Å². The quantitative estimate of drug-likeness (QED) is 0.777. The fraction of sp³-hybridized carbons (Fsp3) is 0.533. The van der Waals surface area contributed by atoms with Crippen molar-refractivity contribution in [2.75, 3.05) is 32.6 Å². The monoisotopic (exact) mass is 324 g/mol. The van der Waals surface area contributed by atoms with E-state index in [0.717, 1.165) is 23.0 Å². The van der Waals surface area contributed by atoms with Crippen LogP contribution in [0.3, 0.4) is 0 Å². The first kappa shape index (κ1) is 14.5. The molecule has 0 N–H and O–H groups in total. The molecule has 1 fully saturated rings. The van der Waals surface area contributed by atoms with Gasteiger partial charge < -0.3 is 9.80 Å². The van der Waals surface area contributed by atoms with E-state index in [4.69, 9.17) is 0 Å². The average molecular weight is 325 g/mol. The van der Waals surface area contributed by atoms with Gasteiger partial charge in [-0.25, -0.2) is 0 Å². The molecule has 0 bridgehead atoms. The zero-order chi connectivity index (χ0) is 14.0. The van der Waals surface area contributed by atoms with Crippen LogP contribution in [-0.4, -0.2) is 44.4 Å². The second-order valence-corrected chi connectivity index (χ2v) is 6.51. The lowest BCUT2D eigenvalue weighted by Gasteiger charge is -2.49. The predicted molar refractivity (Wildman–Crippen MR) is 83.1 cm³/mol. The second-order valence-electron chi connectivity index (χ2n) is 5.66. The molecule has 0 amide bonds. The molecule has 0 saturated heterocycles. The summed E-state index contributed by atoms with van der Waals surface area (Å²) in [6.45, 7) is 1.01. The van der Waals surface area contributed by atoms with E-state index in [-0.39, 0.29) is 0 Å². The summed E-state index contributed by atoms with van der Waals surface area (Å²) < 4.78 is 0.979. The third-order valence-electron chi connectivity index (χ3n) is 4.28. The molecule has 1 aromatic carbocycles. The van der Waals surface area contributed by atoms with E-state index in [0.29, 0.717) is 11.1 Å². The fourth-order valence-electron chi connectivity index (χ4n) is 2.76. The lowest BCUT2D eigenvalue weighted by molar-refractivity contribution is 0.0683. The van der Waals surface area contributed by atoms with E-state index in [2.05, 4.69) is 46.9 Å². The van der Waals surface area contributed by atoms with Crippen molar-refractivity contribution >= 4 is 27.9 Å². The Morgan fingerprint density at radius 2 is 2.00 bits per heavy atom. The molecule has 4 heteroatoms. The molecule has 1 aliphatic rings. The molecule has 0 unspecified atom stereocenters. The number of carbonyl (C=O) groups is 1. The lowest BCUT2D eigenvalue weighted by Crippen LogP contribution is -2.56. The first-order valence-electron chi connectivity index (χ1n) is 6.62. The minimum Gasteiger partial charge on any atom is -0.372 e. The number of likely N-dealkylation sites (N-methyl/N-ethyl adjacent to an activating group) is 2. The highest BCUT2D eigenvalue weighted by Gasteiger charge is 2.40. The molecule has 3 nitrogen and oxygen atoms in total. The topological polar surface area (TPSA) is 23.6 Å². The molecule has 0 aromatic heterocycles. The van der Waals surface area contributed by atoms with Gasteiger partial charge in [0, 0.05) is 29.2 Å². The van der Waals surface area contributed by atoms with Crippen LogP contribution in [0.25, 0.3) is 0 Å². The first-order valence-corrected chi connectivity index (χ1v) is 7.41. The number of anilines is 1. The van der Waals surface area contributed by atoms with Crippen LogP contribution in [0.4, 0.5) is 5.69 Å². The van der Waals surface area contributed by atoms with Gasteiger partial charge in [0.25, 0.3) is 0 Å². The maximum atomic E-state index is 10.8. The van der Waals surface area contributed by atoms with E-state index < -0.39 is 0 Å². The second kappa shape index (κ2) is 5.63. The maximum Gasteiger partial charge on any atom is 0.150 e. The van der Waals surface area contributed by atoms with Crippen LogP contribution in [-0.2, 0) is 0 Å². The Kier molecular flexibility index (Phi) is 4.31. The van der Waals surface area contributed by atoms with Crippen molar-refractivity contribution in [1.82, 2.24) is 4.90 Å². The van der Waals surface area contributed by atoms with Gasteiger partial charge in [-0.1, -0.05) is 0 Å². The van der Waals surface area contributed by atoms with Gasteiger partial charge in [-0.2, -0.15) is 0 Å². The smallest absolute Gasteiger partial charge is 0.150 e. The number of hydrogen-bond donors (Lipinski definition) is 0. The number of carbonyl (C=O) groups excluding carboxylic acids is 1. The number of nitrogens with zero attached hydrogens (tertiary/aromatic N) is 2. The number of halogens is 1. The van der Waals surface area contributed by atoms with Crippen molar-refractivity contribution in [2.45, 2.75) is 24.8 Å². The molecule has 104 valence electrons. The van der Waals surface area contributed by atoms with Gasteiger partial charge in [-0.15, -0.1) is 0 Å². The summed E-state index contributed by atoms with van der Waals surface area (Å²) in [5, 5.41) is 0. The largest absolute Gasteiger partial charge is 0.372 e. The Hall–Kier alpha value is -0.870. The molecular weight excluding hydrogens is 304 g/mol. The molecule has 0 radical (unpaired) electrons. The van der Waals surface area contributed by atoms with Crippen LogP contribution < -0.4 is 4.90 Å². The van der Waals surface area contributed by atoms with E-state index in [9.17, 15) is 4.79 Å². The number of hydrogen-bond acceptors (Lipinski definition) is 3. The van der Waals surface area contributed by atoms with Gasteiger partial charge >= 0.3 is 0 Å².